The van der Waals surface area contributed by atoms with Crippen molar-refractivity contribution in [1.82, 2.24) is 0 Å². The lowest BCUT2D eigenvalue weighted by Gasteiger charge is -2.17. The average molecular weight is 241 g/mol. The van der Waals surface area contributed by atoms with Crippen LogP contribution in [0.4, 0.5) is 0 Å². The third-order valence-corrected chi connectivity index (χ3v) is 3.33. The molecule has 0 aromatic carbocycles. The molecule has 0 N–H and O–H groups in total. The number of rotatable bonds is 7. The highest BCUT2D eigenvalue weighted by molar-refractivity contribution is 5.24. The standard InChI is InChI=1S/C18H25/c1-6-13-17(9-4)18(10-5)15-12-11-14-16(7-2)8-3/h1-2,16-17H,8-11,13-14H2,3-5H3. The third kappa shape index (κ3) is 6.42. The Kier molecular flexibility index (Phi) is 10.0. The average Bonchev–Trinajstić information content (AvgIpc) is 2.41. The molecule has 0 aromatic rings. The van der Waals surface area contributed by atoms with Gasteiger partial charge >= 0.3 is 0 Å². The van der Waals surface area contributed by atoms with Crippen LogP contribution in [0.3, 0.4) is 0 Å². The SMILES string of the molecule is C#CCC(CC)[C](C#CCCC(C#C)CC)CC. The Labute approximate surface area is 114 Å². The molecule has 1 radical (unpaired) electrons. The second-order valence-electron chi connectivity index (χ2n) is 4.50. The number of terminal acetylenes is 2. The summed E-state index contributed by atoms with van der Waals surface area (Å²) in [5, 5.41) is 0. The lowest BCUT2D eigenvalue weighted by molar-refractivity contribution is 0.546. The van der Waals surface area contributed by atoms with Crippen LogP contribution < -0.4 is 0 Å². The van der Waals surface area contributed by atoms with Gasteiger partial charge in [0.2, 0.25) is 0 Å². The van der Waals surface area contributed by atoms with Crippen molar-refractivity contribution in [2.75, 3.05) is 0 Å². The van der Waals surface area contributed by atoms with Crippen molar-refractivity contribution in [2.24, 2.45) is 11.8 Å². The van der Waals surface area contributed by atoms with Crippen LogP contribution in [0, 0.1) is 54.3 Å². The second-order valence-corrected chi connectivity index (χ2v) is 4.50. The number of hydrogen-bond donors (Lipinski definition) is 0. The van der Waals surface area contributed by atoms with Crippen LogP contribution in [0.2, 0.25) is 0 Å². The zero-order valence-corrected chi connectivity index (χ0v) is 12.1. The maximum Gasteiger partial charge on any atom is 0.0517 e. The highest BCUT2D eigenvalue weighted by Crippen LogP contribution is 2.23. The van der Waals surface area contributed by atoms with Gasteiger partial charge in [-0.25, -0.2) is 0 Å². The Morgan fingerprint density at radius 3 is 2.28 bits per heavy atom. The fraction of sp³-hybridized carbons (Fsp3) is 0.611. The second kappa shape index (κ2) is 10.8. The van der Waals surface area contributed by atoms with Gasteiger partial charge in [-0.3, -0.25) is 0 Å². The summed E-state index contributed by atoms with van der Waals surface area (Å²) in [6, 6.07) is 0. The quantitative estimate of drug-likeness (QED) is 0.577. The highest BCUT2D eigenvalue weighted by atomic mass is 14.2. The van der Waals surface area contributed by atoms with Crippen molar-refractivity contribution in [2.45, 2.75) is 59.3 Å². The zero-order chi connectivity index (χ0) is 13.8. The summed E-state index contributed by atoms with van der Waals surface area (Å²) < 4.78 is 0. The minimum atomic E-state index is 0.372. The first kappa shape index (κ1) is 16.7. The van der Waals surface area contributed by atoms with Crippen LogP contribution in [0.15, 0.2) is 0 Å². The van der Waals surface area contributed by atoms with E-state index in [1.54, 1.807) is 0 Å². The molecule has 97 valence electrons. The molecule has 0 aromatic heterocycles. The van der Waals surface area contributed by atoms with E-state index < -0.39 is 0 Å². The molecule has 0 amide bonds. The molecular weight excluding hydrogens is 216 g/mol. The molecule has 2 unspecified atom stereocenters. The molecule has 0 spiro atoms. The van der Waals surface area contributed by atoms with Gasteiger partial charge < -0.3 is 0 Å². The van der Waals surface area contributed by atoms with Crippen LogP contribution in [-0.2, 0) is 0 Å². The van der Waals surface area contributed by atoms with Gasteiger partial charge in [-0.1, -0.05) is 33.1 Å². The zero-order valence-electron chi connectivity index (χ0n) is 12.1. The van der Waals surface area contributed by atoms with E-state index in [0.717, 1.165) is 38.5 Å². The smallest absolute Gasteiger partial charge is 0.0517 e. The number of hydrogen-bond acceptors (Lipinski definition) is 0. The van der Waals surface area contributed by atoms with E-state index in [2.05, 4.69) is 44.5 Å². The van der Waals surface area contributed by atoms with E-state index in [-0.39, 0.29) is 0 Å². The molecule has 0 rings (SSSR count). The molecule has 0 aliphatic heterocycles. The minimum absolute atomic E-state index is 0.372. The van der Waals surface area contributed by atoms with Gasteiger partial charge in [-0.2, -0.15) is 0 Å². The van der Waals surface area contributed by atoms with Crippen molar-refractivity contribution < 1.29 is 0 Å². The molecule has 0 saturated heterocycles. The first-order valence-corrected chi connectivity index (χ1v) is 6.97. The van der Waals surface area contributed by atoms with Crippen molar-refractivity contribution in [3.05, 3.63) is 5.92 Å². The van der Waals surface area contributed by atoms with Gasteiger partial charge in [0.15, 0.2) is 0 Å². The van der Waals surface area contributed by atoms with Crippen molar-refractivity contribution in [1.29, 1.82) is 0 Å². The first-order valence-electron chi connectivity index (χ1n) is 6.97. The Morgan fingerprint density at radius 1 is 1.11 bits per heavy atom. The van der Waals surface area contributed by atoms with Gasteiger partial charge in [0, 0.05) is 18.8 Å². The van der Waals surface area contributed by atoms with Crippen molar-refractivity contribution in [3.63, 3.8) is 0 Å². The Morgan fingerprint density at radius 2 is 1.83 bits per heavy atom. The Bertz CT molecular complexity index is 339. The molecule has 18 heavy (non-hydrogen) atoms. The lowest BCUT2D eigenvalue weighted by Crippen LogP contribution is -2.08. The molecule has 0 saturated carbocycles. The molecule has 0 nitrogen and oxygen atoms in total. The molecular formula is C18H25. The fourth-order valence-corrected chi connectivity index (χ4v) is 1.96. The largest absolute Gasteiger partial charge is 0.120 e. The van der Waals surface area contributed by atoms with Gasteiger partial charge in [-0.05, 0) is 25.2 Å². The molecule has 2 atom stereocenters. The minimum Gasteiger partial charge on any atom is -0.120 e. The van der Waals surface area contributed by atoms with Gasteiger partial charge in [0.05, 0.1) is 5.92 Å². The maximum atomic E-state index is 5.44. The van der Waals surface area contributed by atoms with E-state index in [4.69, 9.17) is 12.8 Å². The van der Waals surface area contributed by atoms with E-state index in [1.807, 2.05) is 0 Å². The summed E-state index contributed by atoms with van der Waals surface area (Å²) in [4.78, 5) is 0. The van der Waals surface area contributed by atoms with E-state index in [1.165, 1.54) is 5.92 Å². The highest BCUT2D eigenvalue weighted by Gasteiger charge is 2.15. The summed E-state index contributed by atoms with van der Waals surface area (Å²) in [7, 11) is 0. The van der Waals surface area contributed by atoms with Crippen LogP contribution in [0.5, 0.6) is 0 Å². The predicted molar refractivity (Wildman–Crippen MR) is 80.4 cm³/mol. The van der Waals surface area contributed by atoms with Crippen LogP contribution in [0.1, 0.15) is 59.3 Å². The normalized spacial score (nSPS) is 13.0. The molecule has 0 heterocycles. The molecule has 0 heteroatoms. The van der Waals surface area contributed by atoms with Gasteiger partial charge in [0.25, 0.3) is 0 Å². The first-order chi connectivity index (χ1) is 8.73. The van der Waals surface area contributed by atoms with Crippen molar-refractivity contribution >= 4 is 0 Å². The van der Waals surface area contributed by atoms with Crippen LogP contribution in [-0.4, -0.2) is 0 Å². The van der Waals surface area contributed by atoms with Gasteiger partial charge in [-0.15, -0.1) is 30.6 Å². The van der Waals surface area contributed by atoms with Crippen molar-refractivity contribution in [3.8, 4) is 36.5 Å². The van der Waals surface area contributed by atoms with E-state index >= 15 is 0 Å². The molecule has 0 fully saturated rings. The van der Waals surface area contributed by atoms with Crippen LogP contribution >= 0.6 is 0 Å². The van der Waals surface area contributed by atoms with Crippen LogP contribution in [0.25, 0.3) is 0 Å². The third-order valence-electron chi connectivity index (χ3n) is 3.33. The maximum absolute atomic E-state index is 5.44. The lowest BCUT2D eigenvalue weighted by atomic mass is 9.86. The summed E-state index contributed by atoms with van der Waals surface area (Å²) in [6.45, 7) is 6.45. The summed E-state index contributed by atoms with van der Waals surface area (Å²) >= 11 is 0. The molecule has 0 aliphatic rings. The van der Waals surface area contributed by atoms with E-state index in [0.29, 0.717) is 11.8 Å². The molecule has 0 bridgehead atoms. The van der Waals surface area contributed by atoms with Gasteiger partial charge in [0.1, 0.15) is 0 Å². The molecule has 0 aliphatic carbocycles. The van der Waals surface area contributed by atoms with E-state index in [9.17, 15) is 0 Å². The Hall–Kier alpha value is -1.32. The topological polar surface area (TPSA) is 0 Å². The fourth-order valence-electron chi connectivity index (χ4n) is 1.96. The predicted octanol–water partition coefficient (Wildman–Crippen LogP) is 4.46. The summed E-state index contributed by atoms with van der Waals surface area (Å²) in [5.41, 5.74) is 0. The monoisotopic (exact) mass is 241 g/mol. The Balaban J connectivity index is 4.29. The summed E-state index contributed by atoms with van der Waals surface area (Å²) in [6.07, 6.45) is 16.6. The summed E-state index contributed by atoms with van der Waals surface area (Å²) in [5.74, 6) is 14.2.